The molecular weight excluding hydrogens is 296 g/mol. The Bertz CT molecular complexity index is 573. The van der Waals surface area contributed by atoms with Crippen molar-refractivity contribution in [2.45, 2.75) is 33.2 Å². The van der Waals surface area contributed by atoms with Crippen LogP contribution in [0.5, 0.6) is 5.75 Å². The van der Waals surface area contributed by atoms with E-state index in [2.05, 4.69) is 0 Å². The third kappa shape index (κ3) is 3.94. The minimum absolute atomic E-state index is 0.0825. The zero-order chi connectivity index (χ0) is 17.0. The number of carboxylic acids is 1. The first kappa shape index (κ1) is 17.1. The molecule has 1 aromatic rings. The molecule has 6 heteroatoms. The van der Waals surface area contributed by atoms with Crippen molar-refractivity contribution < 1.29 is 19.4 Å². The van der Waals surface area contributed by atoms with Gasteiger partial charge >= 0.3 is 12.0 Å². The molecule has 1 aromatic carbocycles. The Morgan fingerprint density at radius 1 is 1.39 bits per heavy atom. The molecule has 1 saturated heterocycles. The quantitative estimate of drug-likeness (QED) is 0.838. The van der Waals surface area contributed by atoms with E-state index in [9.17, 15) is 14.7 Å². The molecule has 1 heterocycles. The summed E-state index contributed by atoms with van der Waals surface area (Å²) >= 11 is 0. The molecule has 0 radical (unpaired) electrons. The van der Waals surface area contributed by atoms with Crippen LogP contribution in [0.25, 0.3) is 0 Å². The molecule has 0 bridgehead atoms. The zero-order valence-electron chi connectivity index (χ0n) is 13.9. The van der Waals surface area contributed by atoms with E-state index in [1.165, 1.54) is 0 Å². The Morgan fingerprint density at radius 2 is 2.09 bits per heavy atom. The van der Waals surface area contributed by atoms with Gasteiger partial charge in [-0.1, -0.05) is 26.0 Å². The molecule has 1 N–H and O–H groups in total. The largest absolute Gasteiger partial charge is 0.492 e. The van der Waals surface area contributed by atoms with Gasteiger partial charge in [-0.15, -0.1) is 0 Å². The van der Waals surface area contributed by atoms with Crippen molar-refractivity contribution in [1.29, 1.82) is 0 Å². The highest BCUT2D eigenvalue weighted by molar-refractivity contribution is 5.97. The summed E-state index contributed by atoms with van der Waals surface area (Å²) in [6.45, 7) is 7.47. The predicted molar refractivity (Wildman–Crippen MR) is 87.9 cm³/mol. The fourth-order valence-corrected chi connectivity index (χ4v) is 2.91. The number of carbonyl (C=O) groups excluding carboxylic acids is 1. The van der Waals surface area contributed by atoms with E-state index in [4.69, 9.17) is 4.74 Å². The van der Waals surface area contributed by atoms with Crippen LogP contribution in [0.4, 0.5) is 10.5 Å². The maximum Gasteiger partial charge on any atom is 0.325 e. The summed E-state index contributed by atoms with van der Waals surface area (Å²) in [7, 11) is 0. The summed E-state index contributed by atoms with van der Waals surface area (Å²) in [6, 6.07) is 6.73. The number of amides is 2. The molecule has 126 valence electrons. The molecular formula is C17H24N2O4. The Labute approximate surface area is 136 Å². The molecule has 2 amide bonds. The van der Waals surface area contributed by atoms with E-state index < -0.39 is 5.97 Å². The molecule has 1 aliphatic heterocycles. The molecule has 1 aliphatic rings. The van der Waals surface area contributed by atoms with Gasteiger partial charge in [-0.25, -0.2) is 4.79 Å². The number of anilines is 1. The van der Waals surface area contributed by atoms with Gasteiger partial charge in [-0.3, -0.25) is 9.69 Å². The van der Waals surface area contributed by atoms with Crippen LogP contribution in [-0.2, 0) is 4.79 Å². The van der Waals surface area contributed by atoms with Crippen molar-refractivity contribution in [3.05, 3.63) is 24.3 Å². The number of carbonyl (C=O) groups is 2. The number of rotatable bonds is 7. The summed E-state index contributed by atoms with van der Waals surface area (Å²) in [4.78, 5) is 27.3. The van der Waals surface area contributed by atoms with Gasteiger partial charge in [0.1, 0.15) is 5.75 Å². The third-order valence-corrected chi connectivity index (χ3v) is 3.69. The van der Waals surface area contributed by atoms with Gasteiger partial charge < -0.3 is 14.7 Å². The molecule has 0 spiro atoms. The minimum atomic E-state index is -0.909. The number of aliphatic carboxylic acids is 1. The fraction of sp³-hybridized carbons (Fsp3) is 0.529. The van der Waals surface area contributed by atoms with Crippen LogP contribution < -0.4 is 9.64 Å². The summed E-state index contributed by atoms with van der Waals surface area (Å²) in [5.41, 5.74) is 0.636. The molecule has 6 nitrogen and oxygen atoms in total. The lowest BCUT2D eigenvalue weighted by Crippen LogP contribution is -2.37. The predicted octanol–water partition coefficient (Wildman–Crippen LogP) is 2.83. The number of nitrogens with zero attached hydrogens (tertiary/aromatic N) is 2. The molecule has 1 unspecified atom stereocenters. The van der Waals surface area contributed by atoms with Gasteiger partial charge in [-0.2, -0.15) is 0 Å². The number of hydrogen-bond donors (Lipinski definition) is 1. The third-order valence-electron chi connectivity index (χ3n) is 3.69. The van der Waals surface area contributed by atoms with Crippen LogP contribution >= 0.6 is 0 Å². The SMILES string of the molecule is CCOc1ccccc1N1C(=O)N(CC(C)C)CC1CC(=O)O. The van der Waals surface area contributed by atoms with Crippen molar-refractivity contribution in [1.82, 2.24) is 4.90 Å². The van der Waals surface area contributed by atoms with Gasteiger partial charge in [0.2, 0.25) is 0 Å². The highest BCUT2D eigenvalue weighted by Gasteiger charge is 2.40. The van der Waals surface area contributed by atoms with Crippen LogP contribution in [0.2, 0.25) is 0 Å². The van der Waals surface area contributed by atoms with E-state index in [-0.39, 0.29) is 18.5 Å². The van der Waals surface area contributed by atoms with Crippen LogP contribution in [0.3, 0.4) is 0 Å². The van der Waals surface area contributed by atoms with Gasteiger partial charge in [-0.05, 0) is 25.0 Å². The van der Waals surface area contributed by atoms with Crippen LogP contribution in [0.15, 0.2) is 24.3 Å². The summed E-state index contributed by atoms with van der Waals surface area (Å²) in [6.07, 6.45) is -0.0825. The highest BCUT2D eigenvalue weighted by Crippen LogP contribution is 2.34. The minimum Gasteiger partial charge on any atom is -0.492 e. The first-order chi connectivity index (χ1) is 10.9. The monoisotopic (exact) mass is 320 g/mol. The van der Waals surface area contributed by atoms with Crippen molar-refractivity contribution in [2.24, 2.45) is 5.92 Å². The standard InChI is InChI=1S/C17H24N2O4/c1-4-23-15-8-6-5-7-14(15)19-13(9-16(20)21)11-18(17(19)22)10-12(2)3/h5-8,12-13H,4,9-11H2,1-3H3,(H,20,21). The Hall–Kier alpha value is -2.24. The first-order valence-electron chi connectivity index (χ1n) is 7.95. The van der Waals surface area contributed by atoms with Gasteiger partial charge in [0.25, 0.3) is 0 Å². The molecule has 0 aromatic heterocycles. The van der Waals surface area contributed by atoms with E-state index in [1.807, 2.05) is 32.9 Å². The molecule has 0 aliphatic carbocycles. The van der Waals surface area contributed by atoms with Crippen molar-refractivity contribution in [3.63, 3.8) is 0 Å². The number of carboxylic acid groups (broad SMARTS) is 1. The smallest absolute Gasteiger partial charge is 0.325 e. The molecule has 0 saturated carbocycles. The van der Waals surface area contributed by atoms with Crippen LogP contribution in [0, 0.1) is 5.92 Å². The van der Waals surface area contributed by atoms with Crippen molar-refractivity contribution >= 4 is 17.7 Å². The fourth-order valence-electron chi connectivity index (χ4n) is 2.91. The maximum atomic E-state index is 12.8. The Morgan fingerprint density at radius 3 is 2.70 bits per heavy atom. The average Bonchev–Trinajstić information content (AvgIpc) is 2.75. The second-order valence-corrected chi connectivity index (χ2v) is 6.10. The zero-order valence-corrected chi connectivity index (χ0v) is 13.9. The van der Waals surface area contributed by atoms with Crippen molar-refractivity contribution in [3.8, 4) is 5.75 Å². The van der Waals surface area contributed by atoms with Crippen LogP contribution in [-0.4, -0.2) is 47.7 Å². The number of benzene rings is 1. The lowest BCUT2D eigenvalue weighted by molar-refractivity contribution is -0.137. The number of urea groups is 1. The topological polar surface area (TPSA) is 70.1 Å². The highest BCUT2D eigenvalue weighted by atomic mass is 16.5. The van der Waals surface area contributed by atoms with Gasteiger partial charge in [0.15, 0.2) is 0 Å². The van der Waals surface area contributed by atoms with Crippen LogP contribution in [0.1, 0.15) is 27.2 Å². The number of ether oxygens (including phenoxy) is 1. The van der Waals surface area contributed by atoms with Gasteiger partial charge in [0, 0.05) is 13.1 Å². The average molecular weight is 320 g/mol. The lowest BCUT2D eigenvalue weighted by atomic mass is 10.1. The first-order valence-corrected chi connectivity index (χ1v) is 7.95. The van der Waals surface area contributed by atoms with Gasteiger partial charge in [0.05, 0.1) is 24.8 Å². The maximum absolute atomic E-state index is 12.8. The summed E-state index contributed by atoms with van der Waals surface area (Å²) in [5, 5.41) is 9.18. The number of para-hydroxylation sites is 2. The van der Waals surface area contributed by atoms with E-state index in [0.29, 0.717) is 37.1 Å². The van der Waals surface area contributed by atoms with E-state index in [1.54, 1.807) is 21.9 Å². The van der Waals surface area contributed by atoms with E-state index in [0.717, 1.165) is 0 Å². The second kappa shape index (κ2) is 7.35. The lowest BCUT2D eigenvalue weighted by Gasteiger charge is -2.24. The summed E-state index contributed by atoms with van der Waals surface area (Å²) in [5.74, 6) is 0.0183. The molecule has 1 atom stereocenters. The molecule has 2 rings (SSSR count). The molecule has 1 fully saturated rings. The molecule has 23 heavy (non-hydrogen) atoms. The Balaban J connectivity index is 2.35. The van der Waals surface area contributed by atoms with E-state index >= 15 is 0 Å². The Kier molecular flexibility index (Phi) is 5.47. The number of hydrogen-bond acceptors (Lipinski definition) is 3. The second-order valence-electron chi connectivity index (χ2n) is 6.10. The summed E-state index contributed by atoms with van der Waals surface area (Å²) < 4.78 is 5.61. The normalized spacial score (nSPS) is 17.9. The van der Waals surface area contributed by atoms with Crippen molar-refractivity contribution in [2.75, 3.05) is 24.6 Å².